The average Bonchev–Trinajstić information content (AvgIpc) is 2.80. The lowest BCUT2D eigenvalue weighted by molar-refractivity contribution is -0.131. The third kappa shape index (κ3) is 3.55. The van der Waals surface area contributed by atoms with E-state index >= 15 is 0 Å². The van der Waals surface area contributed by atoms with Gasteiger partial charge < -0.3 is 9.64 Å². The number of carbonyl (C=O) groups is 2. The van der Waals surface area contributed by atoms with Crippen molar-refractivity contribution in [2.45, 2.75) is 11.7 Å². The van der Waals surface area contributed by atoms with Gasteiger partial charge in [0, 0.05) is 24.1 Å². The van der Waals surface area contributed by atoms with Gasteiger partial charge in [0.05, 0.1) is 6.54 Å². The summed E-state index contributed by atoms with van der Waals surface area (Å²) in [5.41, 5.74) is 1.32. The first-order chi connectivity index (χ1) is 10.7. The maximum absolute atomic E-state index is 12.4. The number of hydrogen-bond donors (Lipinski definition) is 0. The van der Waals surface area contributed by atoms with Crippen molar-refractivity contribution in [1.29, 1.82) is 0 Å². The molecule has 0 aromatic heterocycles. The number of nitrogens with zero attached hydrogens (tertiary/aromatic N) is 2. The third-order valence-corrected chi connectivity index (χ3v) is 5.37. The van der Waals surface area contributed by atoms with Crippen molar-refractivity contribution in [3.63, 3.8) is 0 Å². The van der Waals surface area contributed by atoms with Gasteiger partial charge in [-0.1, -0.05) is 30.3 Å². The van der Waals surface area contributed by atoms with Crippen LogP contribution in [0.5, 0.6) is 0 Å². The Hall–Kier alpha value is -1.69. The fraction of sp³-hybridized carbons (Fsp3) is 0.500. The molecule has 22 heavy (non-hydrogen) atoms. The van der Waals surface area contributed by atoms with Gasteiger partial charge in [-0.15, -0.1) is 0 Å². The number of ether oxygens (including phenoxy) is 1. The summed E-state index contributed by atoms with van der Waals surface area (Å²) in [6.45, 7) is 2.53. The van der Waals surface area contributed by atoms with Gasteiger partial charge in [0.2, 0.25) is 5.91 Å². The van der Waals surface area contributed by atoms with Crippen LogP contribution < -0.4 is 0 Å². The molecule has 1 unspecified atom stereocenters. The average molecular weight is 320 g/mol. The Morgan fingerprint density at radius 1 is 1.23 bits per heavy atom. The van der Waals surface area contributed by atoms with E-state index in [-0.39, 0.29) is 18.5 Å². The quantitative estimate of drug-likeness (QED) is 0.856. The number of hydrogen-bond acceptors (Lipinski definition) is 4. The molecule has 0 saturated carbocycles. The fourth-order valence-electron chi connectivity index (χ4n) is 2.79. The molecule has 2 aliphatic rings. The number of amides is 2. The summed E-state index contributed by atoms with van der Waals surface area (Å²) in [5.74, 6) is 0.948. The molecule has 0 N–H and O–H groups in total. The standard InChI is InChI=1S/C16H20N2O3S/c19-15(12-18-8-10-21-16(18)20)17-7-6-14(22-11-9-17)13-4-2-1-3-5-13/h1-5,14H,6-12H2. The first kappa shape index (κ1) is 15.2. The third-order valence-electron chi connectivity index (χ3n) is 4.04. The highest BCUT2D eigenvalue weighted by Gasteiger charge is 2.28. The number of thioether (sulfide) groups is 1. The highest BCUT2D eigenvalue weighted by atomic mass is 32.2. The number of benzene rings is 1. The summed E-state index contributed by atoms with van der Waals surface area (Å²) in [4.78, 5) is 27.1. The Bertz CT molecular complexity index is 537. The summed E-state index contributed by atoms with van der Waals surface area (Å²) in [6.07, 6.45) is 0.574. The number of carbonyl (C=O) groups excluding carboxylic acids is 2. The molecule has 2 amide bonds. The predicted molar refractivity (Wildman–Crippen MR) is 85.8 cm³/mol. The molecule has 2 fully saturated rings. The molecule has 2 aliphatic heterocycles. The van der Waals surface area contributed by atoms with E-state index in [9.17, 15) is 9.59 Å². The summed E-state index contributed by atoms with van der Waals surface area (Å²) in [5, 5.41) is 0.441. The molecule has 3 rings (SSSR count). The minimum atomic E-state index is -0.375. The highest BCUT2D eigenvalue weighted by molar-refractivity contribution is 7.99. The second kappa shape index (κ2) is 7.05. The van der Waals surface area contributed by atoms with Crippen molar-refractivity contribution in [3.05, 3.63) is 35.9 Å². The van der Waals surface area contributed by atoms with Crippen LogP contribution in [0.15, 0.2) is 30.3 Å². The van der Waals surface area contributed by atoms with Crippen LogP contribution >= 0.6 is 11.8 Å². The molecule has 1 aromatic carbocycles. The van der Waals surface area contributed by atoms with Crippen LogP contribution in [0.1, 0.15) is 17.2 Å². The van der Waals surface area contributed by atoms with Gasteiger partial charge in [-0.2, -0.15) is 11.8 Å². The zero-order valence-corrected chi connectivity index (χ0v) is 13.3. The van der Waals surface area contributed by atoms with E-state index in [1.54, 1.807) is 0 Å². The number of cyclic esters (lactones) is 1. The van der Waals surface area contributed by atoms with E-state index < -0.39 is 0 Å². The van der Waals surface area contributed by atoms with Crippen molar-refractivity contribution in [1.82, 2.24) is 9.80 Å². The Morgan fingerprint density at radius 2 is 2.05 bits per heavy atom. The molecular formula is C16H20N2O3S. The maximum Gasteiger partial charge on any atom is 0.410 e. The molecule has 0 aliphatic carbocycles. The maximum atomic E-state index is 12.4. The van der Waals surface area contributed by atoms with Crippen LogP contribution in [0.3, 0.4) is 0 Å². The molecule has 118 valence electrons. The van der Waals surface area contributed by atoms with Gasteiger partial charge in [0.15, 0.2) is 0 Å². The van der Waals surface area contributed by atoms with Crippen LogP contribution in [0.25, 0.3) is 0 Å². The lowest BCUT2D eigenvalue weighted by atomic mass is 10.1. The van der Waals surface area contributed by atoms with E-state index in [1.807, 2.05) is 22.7 Å². The monoisotopic (exact) mass is 320 g/mol. The second-order valence-corrected chi connectivity index (χ2v) is 6.79. The molecule has 6 heteroatoms. The van der Waals surface area contributed by atoms with Gasteiger partial charge >= 0.3 is 6.09 Å². The molecule has 2 saturated heterocycles. The molecule has 1 atom stereocenters. The minimum Gasteiger partial charge on any atom is -0.448 e. The van der Waals surface area contributed by atoms with Crippen molar-refractivity contribution in [2.75, 3.05) is 38.5 Å². The van der Waals surface area contributed by atoms with E-state index in [2.05, 4.69) is 24.3 Å². The smallest absolute Gasteiger partial charge is 0.410 e. The van der Waals surface area contributed by atoms with Crippen molar-refractivity contribution >= 4 is 23.8 Å². The minimum absolute atomic E-state index is 0.0214. The van der Waals surface area contributed by atoms with Crippen molar-refractivity contribution in [2.24, 2.45) is 0 Å². The van der Waals surface area contributed by atoms with Crippen LogP contribution in [0, 0.1) is 0 Å². The Morgan fingerprint density at radius 3 is 2.77 bits per heavy atom. The Balaban J connectivity index is 1.56. The van der Waals surface area contributed by atoms with Crippen LogP contribution in [0.4, 0.5) is 4.79 Å². The fourth-order valence-corrected chi connectivity index (χ4v) is 4.02. The zero-order chi connectivity index (χ0) is 15.4. The van der Waals surface area contributed by atoms with Gasteiger partial charge in [0.25, 0.3) is 0 Å². The SMILES string of the molecule is O=C(CN1CCOC1=O)N1CCSC(c2ccccc2)CC1. The second-order valence-electron chi connectivity index (χ2n) is 5.48. The van der Waals surface area contributed by atoms with E-state index in [0.29, 0.717) is 18.4 Å². The summed E-state index contributed by atoms with van der Waals surface area (Å²) >= 11 is 1.90. The first-order valence-corrected chi connectivity index (χ1v) is 8.65. The van der Waals surface area contributed by atoms with Crippen LogP contribution in [-0.4, -0.2) is 60.3 Å². The Labute approximate surface area is 134 Å². The van der Waals surface area contributed by atoms with Crippen molar-refractivity contribution < 1.29 is 14.3 Å². The van der Waals surface area contributed by atoms with Crippen LogP contribution in [0.2, 0.25) is 0 Å². The highest BCUT2D eigenvalue weighted by Crippen LogP contribution is 2.34. The zero-order valence-electron chi connectivity index (χ0n) is 12.4. The summed E-state index contributed by atoms with van der Waals surface area (Å²) < 4.78 is 4.87. The molecule has 0 spiro atoms. The first-order valence-electron chi connectivity index (χ1n) is 7.60. The topological polar surface area (TPSA) is 49.9 Å². The summed E-state index contributed by atoms with van der Waals surface area (Å²) in [7, 11) is 0. The predicted octanol–water partition coefficient (Wildman–Crippen LogP) is 2.15. The van der Waals surface area contributed by atoms with Gasteiger partial charge in [-0.25, -0.2) is 4.79 Å². The van der Waals surface area contributed by atoms with Gasteiger partial charge in [-0.05, 0) is 12.0 Å². The van der Waals surface area contributed by atoms with E-state index in [1.165, 1.54) is 10.5 Å². The normalized spacial score (nSPS) is 22.4. The molecule has 5 nitrogen and oxygen atoms in total. The van der Waals surface area contributed by atoms with E-state index in [4.69, 9.17) is 4.74 Å². The lowest BCUT2D eigenvalue weighted by Gasteiger charge is -2.22. The molecule has 0 bridgehead atoms. The molecule has 0 radical (unpaired) electrons. The van der Waals surface area contributed by atoms with Crippen LogP contribution in [-0.2, 0) is 9.53 Å². The Kier molecular flexibility index (Phi) is 4.87. The lowest BCUT2D eigenvalue weighted by Crippen LogP contribution is -2.41. The largest absolute Gasteiger partial charge is 0.448 e. The van der Waals surface area contributed by atoms with Crippen molar-refractivity contribution in [3.8, 4) is 0 Å². The van der Waals surface area contributed by atoms with Gasteiger partial charge in [0.1, 0.15) is 13.2 Å². The van der Waals surface area contributed by atoms with E-state index in [0.717, 1.165) is 25.3 Å². The molecular weight excluding hydrogens is 300 g/mol. The van der Waals surface area contributed by atoms with Gasteiger partial charge in [-0.3, -0.25) is 9.69 Å². The number of rotatable bonds is 3. The molecule has 2 heterocycles. The molecule has 1 aromatic rings. The summed E-state index contributed by atoms with van der Waals surface area (Å²) in [6, 6.07) is 10.4.